The molecule has 0 radical (unpaired) electrons. The number of aromatic nitrogens is 3. The topological polar surface area (TPSA) is 109 Å². The van der Waals surface area contributed by atoms with Crippen LogP contribution in [0.5, 0.6) is 0 Å². The van der Waals surface area contributed by atoms with Gasteiger partial charge in [-0.25, -0.2) is 4.68 Å². The number of hydrogen-bond acceptors (Lipinski definition) is 5. The predicted octanol–water partition coefficient (Wildman–Crippen LogP) is -0.489. The third-order valence-corrected chi connectivity index (χ3v) is 3.26. The number of carbonyl (C=O) groups is 2. The van der Waals surface area contributed by atoms with Gasteiger partial charge >= 0.3 is 5.97 Å². The number of carbonyl (C=O) groups excluding carboxylic acids is 1. The van der Waals surface area contributed by atoms with Crippen LogP contribution in [0, 0.1) is 0 Å². The van der Waals surface area contributed by atoms with Gasteiger partial charge in [-0.1, -0.05) is 18.1 Å². The van der Waals surface area contributed by atoms with E-state index >= 15 is 0 Å². The summed E-state index contributed by atoms with van der Waals surface area (Å²) in [5.74, 6) is -1.07. The van der Waals surface area contributed by atoms with Crippen LogP contribution in [0.25, 0.3) is 0 Å². The summed E-state index contributed by atoms with van der Waals surface area (Å²) in [5.41, 5.74) is 0.542. The minimum Gasteiger partial charge on any atom is -0.480 e. The third kappa shape index (κ3) is 4.61. The van der Waals surface area contributed by atoms with Crippen molar-refractivity contribution in [2.24, 2.45) is 0 Å². The molecule has 0 spiro atoms. The molecule has 20 heavy (non-hydrogen) atoms. The molecule has 0 aromatic carbocycles. The minimum atomic E-state index is -0.980. The molecule has 1 saturated carbocycles. The van der Waals surface area contributed by atoms with Gasteiger partial charge in [0.1, 0.15) is 12.2 Å². The summed E-state index contributed by atoms with van der Waals surface area (Å²) >= 11 is 0. The molecule has 3 N–H and O–H groups in total. The van der Waals surface area contributed by atoms with E-state index in [0.29, 0.717) is 18.3 Å². The first-order valence-corrected chi connectivity index (χ1v) is 6.74. The van der Waals surface area contributed by atoms with Crippen molar-refractivity contribution in [2.75, 3.05) is 6.54 Å². The number of aliphatic carboxylic acids is 1. The maximum atomic E-state index is 11.6. The van der Waals surface area contributed by atoms with Gasteiger partial charge in [-0.3, -0.25) is 9.59 Å². The Bertz CT molecular complexity index is 467. The van der Waals surface area contributed by atoms with Gasteiger partial charge in [-0.15, -0.1) is 5.10 Å². The monoisotopic (exact) mass is 281 g/mol. The van der Waals surface area contributed by atoms with Crippen LogP contribution in [0.3, 0.4) is 0 Å². The Hall–Kier alpha value is -1.96. The minimum absolute atomic E-state index is 0.0929. The summed E-state index contributed by atoms with van der Waals surface area (Å²) in [6.07, 6.45) is 6.24. The van der Waals surface area contributed by atoms with E-state index in [9.17, 15) is 9.59 Å². The van der Waals surface area contributed by atoms with Gasteiger partial charge in [0, 0.05) is 6.04 Å². The summed E-state index contributed by atoms with van der Waals surface area (Å²) in [4.78, 5) is 22.1. The van der Waals surface area contributed by atoms with Crippen LogP contribution in [0.15, 0.2) is 6.20 Å². The molecule has 0 bridgehead atoms. The number of carboxylic acid groups (broad SMARTS) is 1. The van der Waals surface area contributed by atoms with E-state index in [0.717, 1.165) is 12.8 Å². The lowest BCUT2D eigenvalue weighted by Crippen LogP contribution is -2.37. The molecule has 0 saturated heterocycles. The number of rotatable bonds is 7. The van der Waals surface area contributed by atoms with Gasteiger partial charge in [0.2, 0.25) is 5.91 Å². The van der Waals surface area contributed by atoms with Crippen LogP contribution in [0.1, 0.15) is 31.4 Å². The average Bonchev–Trinajstić information content (AvgIpc) is 3.04. The number of nitrogens with one attached hydrogen (secondary N) is 2. The average molecular weight is 281 g/mol. The van der Waals surface area contributed by atoms with Crippen LogP contribution in [-0.2, 0) is 22.7 Å². The van der Waals surface area contributed by atoms with Crippen molar-refractivity contribution >= 4 is 11.9 Å². The van der Waals surface area contributed by atoms with Crippen molar-refractivity contribution in [3.05, 3.63) is 11.9 Å². The molecule has 1 fully saturated rings. The highest BCUT2D eigenvalue weighted by atomic mass is 16.4. The van der Waals surface area contributed by atoms with Gasteiger partial charge in [-0.05, 0) is 12.8 Å². The fraction of sp³-hybridized carbons (Fsp3) is 0.667. The molecule has 1 aromatic rings. The molecule has 1 aliphatic rings. The second kappa shape index (κ2) is 6.99. The van der Waals surface area contributed by atoms with Crippen molar-refractivity contribution in [3.8, 4) is 0 Å². The van der Waals surface area contributed by atoms with Gasteiger partial charge in [0.25, 0.3) is 0 Å². The summed E-state index contributed by atoms with van der Waals surface area (Å²) in [6, 6.07) is 0.456. The van der Waals surface area contributed by atoms with Crippen molar-refractivity contribution < 1.29 is 14.7 Å². The molecule has 110 valence electrons. The Labute approximate surface area is 116 Å². The molecule has 1 amide bonds. The van der Waals surface area contributed by atoms with Crippen LogP contribution in [0.4, 0.5) is 0 Å². The Morgan fingerprint density at radius 3 is 2.85 bits per heavy atom. The zero-order valence-corrected chi connectivity index (χ0v) is 11.2. The smallest absolute Gasteiger partial charge is 0.325 e. The number of amides is 1. The van der Waals surface area contributed by atoms with Gasteiger partial charge in [-0.2, -0.15) is 0 Å². The summed E-state index contributed by atoms with van der Waals surface area (Å²) in [7, 11) is 0. The molecule has 8 nitrogen and oxygen atoms in total. The summed E-state index contributed by atoms with van der Waals surface area (Å²) in [5, 5.41) is 22.0. The van der Waals surface area contributed by atoms with E-state index in [4.69, 9.17) is 5.11 Å². The SMILES string of the molecule is O=C(O)Cn1cc(CNC(=O)CNC2CCCC2)nn1. The van der Waals surface area contributed by atoms with Gasteiger partial charge < -0.3 is 15.7 Å². The Kier molecular flexibility index (Phi) is 5.05. The van der Waals surface area contributed by atoms with E-state index < -0.39 is 5.97 Å². The molecular formula is C12H19N5O3. The maximum absolute atomic E-state index is 11.6. The normalized spacial score (nSPS) is 15.4. The molecule has 1 heterocycles. The molecule has 1 aromatic heterocycles. The quantitative estimate of drug-likeness (QED) is 0.622. The Morgan fingerprint density at radius 2 is 2.15 bits per heavy atom. The summed E-state index contributed by atoms with van der Waals surface area (Å²) in [6.45, 7) is 0.322. The lowest BCUT2D eigenvalue weighted by Gasteiger charge is -2.11. The highest BCUT2D eigenvalue weighted by molar-refractivity contribution is 5.77. The third-order valence-electron chi connectivity index (χ3n) is 3.26. The first-order chi connectivity index (χ1) is 9.63. The second-order valence-electron chi connectivity index (χ2n) is 4.94. The lowest BCUT2D eigenvalue weighted by atomic mass is 10.2. The van der Waals surface area contributed by atoms with Crippen molar-refractivity contribution in [1.82, 2.24) is 25.6 Å². The van der Waals surface area contributed by atoms with Crippen molar-refractivity contribution in [3.63, 3.8) is 0 Å². The molecule has 8 heteroatoms. The molecular weight excluding hydrogens is 262 g/mol. The molecule has 2 rings (SSSR count). The Balaban J connectivity index is 1.67. The Morgan fingerprint density at radius 1 is 1.40 bits per heavy atom. The predicted molar refractivity (Wildman–Crippen MR) is 69.8 cm³/mol. The van der Waals surface area contributed by atoms with E-state index in [-0.39, 0.29) is 19.0 Å². The van der Waals surface area contributed by atoms with Crippen LogP contribution < -0.4 is 10.6 Å². The van der Waals surface area contributed by atoms with E-state index in [1.165, 1.54) is 23.7 Å². The van der Waals surface area contributed by atoms with Crippen LogP contribution >= 0.6 is 0 Å². The molecule has 0 atom stereocenters. The lowest BCUT2D eigenvalue weighted by molar-refractivity contribution is -0.138. The molecule has 1 aliphatic carbocycles. The van der Waals surface area contributed by atoms with Crippen molar-refractivity contribution in [2.45, 2.75) is 44.8 Å². The largest absolute Gasteiger partial charge is 0.480 e. The van der Waals surface area contributed by atoms with E-state index in [1.807, 2.05) is 0 Å². The fourth-order valence-electron chi connectivity index (χ4n) is 2.25. The zero-order valence-electron chi connectivity index (χ0n) is 11.2. The standard InChI is InChI=1S/C12H19N5O3/c18-11(6-13-9-3-1-2-4-9)14-5-10-7-17(16-15-10)8-12(19)20/h7,9,13H,1-6,8H2,(H,14,18)(H,19,20). The van der Waals surface area contributed by atoms with E-state index in [2.05, 4.69) is 20.9 Å². The van der Waals surface area contributed by atoms with Crippen molar-refractivity contribution in [1.29, 1.82) is 0 Å². The molecule has 0 aliphatic heterocycles. The van der Waals surface area contributed by atoms with Crippen LogP contribution in [-0.4, -0.2) is 44.6 Å². The van der Waals surface area contributed by atoms with Gasteiger partial charge in [0.15, 0.2) is 0 Å². The van der Waals surface area contributed by atoms with Gasteiger partial charge in [0.05, 0.1) is 19.3 Å². The highest BCUT2D eigenvalue weighted by Crippen LogP contribution is 2.17. The highest BCUT2D eigenvalue weighted by Gasteiger charge is 2.15. The maximum Gasteiger partial charge on any atom is 0.325 e. The fourth-order valence-corrected chi connectivity index (χ4v) is 2.25. The first kappa shape index (κ1) is 14.4. The first-order valence-electron chi connectivity index (χ1n) is 6.74. The molecule has 0 unspecified atom stereocenters. The van der Waals surface area contributed by atoms with Crippen LogP contribution in [0.2, 0.25) is 0 Å². The number of nitrogens with zero attached hydrogens (tertiary/aromatic N) is 3. The second-order valence-corrected chi connectivity index (χ2v) is 4.94. The zero-order chi connectivity index (χ0) is 14.4. The summed E-state index contributed by atoms with van der Waals surface area (Å²) < 4.78 is 1.22. The number of carboxylic acids is 1. The number of hydrogen-bond donors (Lipinski definition) is 3. The van der Waals surface area contributed by atoms with E-state index in [1.54, 1.807) is 0 Å².